The Bertz CT molecular complexity index is 2210. The second-order valence-electron chi connectivity index (χ2n) is 16.8. The van der Waals surface area contributed by atoms with Crippen LogP contribution in [-0.2, 0) is 59.3 Å². The van der Waals surface area contributed by atoms with Gasteiger partial charge in [-0.25, -0.2) is 12.1 Å². The maximum absolute atomic E-state index is 12.7. The molecule has 0 nitrogen and oxygen atoms in total. The standard InChI is InChI=1S/C23H21.C15H8F6.C10H15.2ClH.Zr/c1-22(2)7-5-14-10-18-16(12-20(14)22)9-17-13-21-15(11-19(17)18)6-8-23(21,3)4;16-14(17,18)12-5-1-3-10(8-12)7-11-4-2-6-13(9-11)15(19,20)21;1-8-5-6-9(7-8)10(2,3)4;;;/h5-7,10-13H,9H2,1-4H3;1-6,8-9H;5-7H,1-4H3;2*1H;/q-1;;-1;;;+2/p-2. The van der Waals surface area contributed by atoms with Crippen LogP contribution in [0.3, 0.4) is 0 Å². The minimum Gasteiger partial charge on any atom is -1.00 e. The summed E-state index contributed by atoms with van der Waals surface area (Å²) in [7, 11) is 0. The molecule has 0 atom stereocenters. The summed E-state index contributed by atoms with van der Waals surface area (Å²) in [6.45, 7) is 18.0. The molecule has 8 rings (SSSR count). The number of aryl methyl sites for hydroxylation is 1. The Kier molecular flexibility index (Phi) is 13.6. The van der Waals surface area contributed by atoms with Gasteiger partial charge in [0.1, 0.15) is 0 Å². The van der Waals surface area contributed by atoms with Crippen LogP contribution in [0.5, 0.6) is 0 Å². The van der Waals surface area contributed by atoms with Gasteiger partial charge in [0.15, 0.2) is 0 Å². The quantitative estimate of drug-likeness (QED) is 0.125. The first-order chi connectivity index (χ1) is 25.4. The van der Waals surface area contributed by atoms with Gasteiger partial charge in [-0.15, -0.1) is 11.6 Å². The zero-order valence-electron chi connectivity index (χ0n) is 33.1. The molecule has 0 heterocycles. The van der Waals surface area contributed by atoms with Gasteiger partial charge in [-0.1, -0.05) is 90.5 Å². The predicted octanol–water partition coefficient (Wildman–Crippen LogP) is 7.53. The average molecular weight is 897 g/mol. The van der Waals surface area contributed by atoms with E-state index in [4.69, 9.17) is 0 Å². The van der Waals surface area contributed by atoms with Gasteiger partial charge in [-0.3, -0.25) is 6.08 Å². The van der Waals surface area contributed by atoms with Crippen molar-refractivity contribution in [1.82, 2.24) is 0 Å². The first kappa shape index (κ1) is 46.3. The third-order valence-corrected chi connectivity index (χ3v) is 12.0. The first-order valence-electron chi connectivity index (χ1n) is 18.3. The zero-order chi connectivity index (χ0) is 40.3. The summed E-state index contributed by atoms with van der Waals surface area (Å²) in [5, 5.41) is 0. The minimum atomic E-state index is -4.49. The van der Waals surface area contributed by atoms with Gasteiger partial charge in [-0.2, -0.15) is 28.8 Å². The monoisotopic (exact) mass is 894 g/mol. The van der Waals surface area contributed by atoms with Gasteiger partial charge in [-0.05, 0) is 45.9 Å². The molecule has 0 saturated heterocycles. The number of halogens is 8. The van der Waals surface area contributed by atoms with Crippen molar-refractivity contribution >= 4 is 15.4 Å². The molecule has 0 spiro atoms. The molecule has 0 fully saturated rings. The molecule has 0 saturated carbocycles. The van der Waals surface area contributed by atoms with E-state index in [9.17, 15) is 26.3 Å². The van der Waals surface area contributed by atoms with Crippen molar-refractivity contribution in [1.29, 1.82) is 0 Å². The van der Waals surface area contributed by atoms with Crippen molar-refractivity contribution in [2.75, 3.05) is 0 Å². The number of rotatable bonds is 2. The molecule has 0 unspecified atom stereocenters. The second kappa shape index (κ2) is 16.7. The van der Waals surface area contributed by atoms with Gasteiger partial charge in [0.25, 0.3) is 0 Å². The van der Waals surface area contributed by atoms with E-state index in [0.29, 0.717) is 8.62 Å². The molecule has 5 aromatic rings. The van der Waals surface area contributed by atoms with Crippen LogP contribution in [0.25, 0.3) is 23.3 Å². The Balaban J connectivity index is 0.000000200. The number of hydrogen-bond acceptors (Lipinski definition) is 0. The Labute approximate surface area is 360 Å². The third kappa shape index (κ3) is 10.1. The molecule has 3 aliphatic rings. The third-order valence-electron chi connectivity index (χ3n) is 10.6. The van der Waals surface area contributed by atoms with Crippen LogP contribution in [-0.4, -0.2) is 3.21 Å². The molecular formula is C48H44Cl2F6Zr-2. The molecule has 0 aromatic heterocycles. The zero-order valence-corrected chi connectivity index (χ0v) is 37.1. The van der Waals surface area contributed by atoms with Crippen LogP contribution < -0.4 is 24.8 Å². The topological polar surface area (TPSA) is 0 Å². The predicted molar refractivity (Wildman–Crippen MR) is 209 cm³/mol. The first-order valence-corrected chi connectivity index (χ1v) is 19.5. The van der Waals surface area contributed by atoms with E-state index in [0.717, 1.165) is 54.9 Å². The molecule has 0 amide bonds. The largest absolute Gasteiger partial charge is 1.00 e. The number of hydrogen-bond donors (Lipinski definition) is 0. The van der Waals surface area contributed by atoms with Gasteiger partial charge in [0.05, 0.1) is 0 Å². The summed E-state index contributed by atoms with van der Waals surface area (Å²) >= 11 is 0.729. The van der Waals surface area contributed by atoms with Gasteiger partial charge in [0.2, 0.25) is 0 Å². The normalized spacial score (nSPS) is 15.1. The molecule has 0 aliphatic heterocycles. The van der Waals surface area contributed by atoms with Crippen LogP contribution >= 0.6 is 0 Å². The van der Waals surface area contributed by atoms with Crippen molar-refractivity contribution in [2.45, 2.75) is 90.4 Å². The van der Waals surface area contributed by atoms with Crippen molar-refractivity contribution in [3.63, 3.8) is 0 Å². The maximum atomic E-state index is 12.7. The molecule has 9 heteroatoms. The van der Waals surface area contributed by atoms with Gasteiger partial charge < -0.3 is 24.8 Å². The number of benzene rings is 4. The average Bonchev–Trinajstić information content (AvgIpc) is 3.86. The van der Waals surface area contributed by atoms with Crippen molar-refractivity contribution < 1.29 is 75.4 Å². The molecular weight excluding hydrogens is 853 g/mol. The van der Waals surface area contributed by atoms with Crippen LogP contribution in [0.2, 0.25) is 0 Å². The van der Waals surface area contributed by atoms with E-state index < -0.39 is 23.5 Å². The summed E-state index contributed by atoms with van der Waals surface area (Å²) in [6, 6.07) is 25.4. The van der Waals surface area contributed by atoms with Gasteiger partial charge in [0, 0.05) is 5.41 Å². The Hall–Kier alpha value is -3.38. The van der Waals surface area contributed by atoms with Crippen LogP contribution in [0.4, 0.5) is 26.3 Å². The molecule has 3 aliphatic carbocycles. The molecule has 57 heavy (non-hydrogen) atoms. The summed E-state index contributed by atoms with van der Waals surface area (Å²) in [5.74, 6) is 0. The summed E-state index contributed by atoms with van der Waals surface area (Å²) in [6.07, 6.45) is 2.39. The van der Waals surface area contributed by atoms with Crippen LogP contribution in [0.15, 0.2) is 97.1 Å². The SMILES string of the molecule is CC1(C)[C-]=Cc2cc3c(cc21)Cc1cc2c(cc1-3)C=CC2(C)C.Cc1cc(C(C)(C)C)c[cH-]1.FC(F)(F)c1cccc([C](=[Zr+2])c2cccc(C(F)(F)F)c2)c1.[Cl-].[Cl-]. The maximum Gasteiger partial charge on any atom is -1.00 e. The van der Waals surface area contributed by atoms with E-state index in [-0.39, 0.29) is 46.8 Å². The van der Waals surface area contributed by atoms with Crippen LogP contribution in [0, 0.1) is 13.0 Å². The molecule has 0 bridgehead atoms. The van der Waals surface area contributed by atoms with E-state index in [1.54, 1.807) is 0 Å². The summed E-state index contributed by atoms with van der Waals surface area (Å²) in [5.41, 5.74) is 13.7. The van der Waals surface area contributed by atoms with Gasteiger partial charge >= 0.3 is 137 Å². The Morgan fingerprint density at radius 2 is 1.19 bits per heavy atom. The fourth-order valence-corrected chi connectivity index (χ4v) is 8.06. The van der Waals surface area contributed by atoms with E-state index in [2.05, 4.69) is 122 Å². The summed E-state index contributed by atoms with van der Waals surface area (Å²) < 4.78 is 76.7. The minimum absolute atomic E-state index is 0. The second-order valence-corrected chi connectivity index (χ2v) is 18.0. The molecule has 0 N–H and O–H groups in total. The summed E-state index contributed by atoms with van der Waals surface area (Å²) in [4.78, 5) is 0. The van der Waals surface area contributed by atoms with E-state index in [1.807, 2.05) is 0 Å². The van der Waals surface area contributed by atoms with E-state index >= 15 is 0 Å². The fourth-order valence-electron chi connectivity index (χ4n) is 7.30. The fraction of sp³-hybridized carbons (Fsp3) is 0.292. The number of allylic oxidation sites excluding steroid dienone is 2. The van der Waals surface area contributed by atoms with E-state index in [1.165, 1.54) is 79.9 Å². The Morgan fingerprint density at radius 3 is 1.65 bits per heavy atom. The van der Waals surface area contributed by atoms with Crippen molar-refractivity contribution in [3.8, 4) is 11.1 Å². The molecule has 298 valence electrons. The number of fused-ring (bicyclic) bond motifs is 5. The molecule has 0 radical (unpaired) electrons. The Morgan fingerprint density at radius 1 is 0.684 bits per heavy atom. The van der Waals surface area contributed by atoms with Crippen molar-refractivity contribution in [3.05, 3.63) is 170 Å². The smallest absolute Gasteiger partial charge is 1.00 e. The molecule has 5 aromatic carbocycles. The number of alkyl halides is 6. The van der Waals surface area contributed by atoms with Crippen LogP contribution in [0.1, 0.15) is 115 Å². The van der Waals surface area contributed by atoms with Crippen molar-refractivity contribution in [2.24, 2.45) is 0 Å².